The number of nitrogens with two attached hydrogens (primary N) is 1. The first-order valence-corrected chi connectivity index (χ1v) is 6.78. The first kappa shape index (κ1) is 14.8. The number of nitrogen functional groups attached to an aromatic ring is 1. The summed E-state index contributed by atoms with van der Waals surface area (Å²) in [7, 11) is 0. The summed E-state index contributed by atoms with van der Waals surface area (Å²) in [5.41, 5.74) is 8.38. The third kappa shape index (κ3) is 4.21. The first-order valence-electron chi connectivity index (χ1n) is 6.78. The Labute approximate surface area is 123 Å². The molecule has 0 aliphatic rings. The van der Waals surface area contributed by atoms with E-state index in [1.807, 2.05) is 24.3 Å². The van der Waals surface area contributed by atoms with Crippen molar-refractivity contribution in [2.45, 2.75) is 19.8 Å². The van der Waals surface area contributed by atoms with Gasteiger partial charge in [-0.1, -0.05) is 12.1 Å². The van der Waals surface area contributed by atoms with Gasteiger partial charge in [0.15, 0.2) is 0 Å². The van der Waals surface area contributed by atoms with Crippen molar-refractivity contribution in [2.75, 3.05) is 12.3 Å². The molecule has 0 amide bonds. The molecule has 0 aromatic heterocycles. The van der Waals surface area contributed by atoms with Crippen molar-refractivity contribution < 1.29 is 9.66 Å². The van der Waals surface area contributed by atoms with Crippen LogP contribution in [0.4, 0.5) is 11.4 Å². The fourth-order valence-electron chi connectivity index (χ4n) is 2.14. The molecule has 0 saturated heterocycles. The standard InChI is InChI=1S/C16H18N2O3/c1-12-10-15(7-8-16(12)18(19)20)21-9-3-5-13-4-2-6-14(17)11-13/h2,4,6-8,10-11H,3,5,9,17H2,1H3. The van der Waals surface area contributed by atoms with E-state index in [9.17, 15) is 10.1 Å². The van der Waals surface area contributed by atoms with E-state index in [0.29, 0.717) is 17.9 Å². The Hall–Kier alpha value is -2.56. The molecule has 0 aliphatic carbocycles. The number of hydrogen-bond donors (Lipinski definition) is 1. The SMILES string of the molecule is Cc1cc(OCCCc2cccc(N)c2)ccc1[N+](=O)[O-]. The fraction of sp³-hybridized carbons (Fsp3) is 0.250. The zero-order valence-electron chi connectivity index (χ0n) is 11.9. The van der Waals surface area contributed by atoms with Crippen LogP contribution in [-0.2, 0) is 6.42 Å². The van der Waals surface area contributed by atoms with Crippen molar-refractivity contribution >= 4 is 11.4 Å². The van der Waals surface area contributed by atoms with Crippen LogP contribution in [0.3, 0.4) is 0 Å². The summed E-state index contributed by atoms with van der Waals surface area (Å²) >= 11 is 0. The van der Waals surface area contributed by atoms with E-state index in [1.54, 1.807) is 19.1 Å². The van der Waals surface area contributed by atoms with Gasteiger partial charge >= 0.3 is 0 Å². The van der Waals surface area contributed by atoms with Crippen LogP contribution in [-0.4, -0.2) is 11.5 Å². The highest BCUT2D eigenvalue weighted by atomic mass is 16.6. The highest BCUT2D eigenvalue weighted by molar-refractivity contribution is 5.44. The topological polar surface area (TPSA) is 78.4 Å². The van der Waals surface area contributed by atoms with E-state index >= 15 is 0 Å². The lowest BCUT2D eigenvalue weighted by Gasteiger charge is -2.07. The zero-order valence-corrected chi connectivity index (χ0v) is 11.9. The maximum absolute atomic E-state index is 10.7. The predicted octanol–water partition coefficient (Wildman–Crippen LogP) is 3.50. The van der Waals surface area contributed by atoms with Gasteiger partial charge in [0.2, 0.25) is 0 Å². The largest absolute Gasteiger partial charge is 0.494 e. The summed E-state index contributed by atoms with van der Waals surface area (Å²) in [5.74, 6) is 0.658. The van der Waals surface area contributed by atoms with Gasteiger partial charge in [-0.15, -0.1) is 0 Å². The van der Waals surface area contributed by atoms with Gasteiger partial charge in [-0.2, -0.15) is 0 Å². The second-order valence-electron chi connectivity index (χ2n) is 4.90. The first-order chi connectivity index (χ1) is 10.1. The molecule has 0 heterocycles. The van der Waals surface area contributed by atoms with Gasteiger partial charge in [-0.3, -0.25) is 10.1 Å². The molecule has 2 aromatic carbocycles. The number of anilines is 1. The van der Waals surface area contributed by atoms with Crippen molar-refractivity contribution in [1.82, 2.24) is 0 Å². The fourth-order valence-corrected chi connectivity index (χ4v) is 2.14. The van der Waals surface area contributed by atoms with Gasteiger partial charge in [-0.25, -0.2) is 0 Å². The van der Waals surface area contributed by atoms with E-state index < -0.39 is 0 Å². The van der Waals surface area contributed by atoms with Crippen LogP contribution in [0.15, 0.2) is 42.5 Å². The quantitative estimate of drug-likeness (QED) is 0.381. The van der Waals surface area contributed by atoms with E-state index in [-0.39, 0.29) is 10.6 Å². The van der Waals surface area contributed by atoms with Crippen molar-refractivity contribution in [3.8, 4) is 5.75 Å². The van der Waals surface area contributed by atoms with Gasteiger partial charge in [0.25, 0.3) is 5.69 Å². The van der Waals surface area contributed by atoms with Crippen LogP contribution in [0.25, 0.3) is 0 Å². The van der Waals surface area contributed by atoms with Crippen LogP contribution < -0.4 is 10.5 Å². The number of nitro groups is 1. The van der Waals surface area contributed by atoms with Crippen molar-refractivity contribution in [1.29, 1.82) is 0 Å². The molecule has 21 heavy (non-hydrogen) atoms. The summed E-state index contributed by atoms with van der Waals surface area (Å²) in [6, 6.07) is 12.6. The highest BCUT2D eigenvalue weighted by Crippen LogP contribution is 2.23. The molecule has 5 heteroatoms. The molecule has 0 fully saturated rings. The molecule has 2 N–H and O–H groups in total. The number of rotatable bonds is 6. The monoisotopic (exact) mass is 286 g/mol. The molecule has 0 aliphatic heterocycles. The third-order valence-corrected chi connectivity index (χ3v) is 3.19. The number of benzene rings is 2. The molecule has 2 aromatic rings. The predicted molar refractivity (Wildman–Crippen MR) is 82.5 cm³/mol. The van der Waals surface area contributed by atoms with E-state index in [2.05, 4.69) is 0 Å². The summed E-state index contributed by atoms with van der Waals surface area (Å²) in [5, 5.41) is 10.7. The minimum atomic E-state index is -0.390. The maximum Gasteiger partial charge on any atom is 0.272 e. The van der Waals surface area contributed by atoms with Crippen LogP contribution >= 0.6 is 0 Å². The Morgan fingerprint density at radius 2 is 2.05 bits per heavy atom. The molecule has 0 saturated carbocycles. The Morgan fingerprint density at radius 1 is 1.24 bits per heavy atom. The maximum atomic E-state index is 10.7. The van der Waals surface area contributed by atoms with Crippen LogP contribution in [0, 0.1) is 17.0 Å². The summed E-state index contributed by atoms with van der Waals surface area (Å²) in [4.78, 5) is 10.3. The number of nitro benzene ring substituents is 1. The number of nitrogens with zero attached hydrogens (tertiary/aromatic N) is 1. The molecule has 5 nitrogen and oxygen atoms in total. The Kier molecular flexibility index (Phi) is 4.77. The lowest BCUT2D eigenvalue weighted by molar-refractivity contribution is -0.385. The number of hydrogen-bond acceptors (Lipinski definition) is 4. The van der Waals surface area contributed by atoms with Gasteiger partial charge in [0.05, 0.1) is 11.5 Å². The Bertz CT molecular complexity index is 641. The molecule has 110 valence electrons. The van der Waals surface area contributed by atoms with Gasteiger partial charge in [0, 0.05) is 17.3 Å². The molecule has 0 spiro atoms. The minimum absolute atomic E-state index is 0.113. The average molecular weight is 286 g/mol. The Morgan fingerprint density at radius 3 is 2.71 bits per heavy atom. The van der Waals surface area contributed by atoms with E-state index in [1.165, 1.54) is 11.6 Å². The molecule has 2 rings (SSSR count). The summed E-state index contributed by atoms with van der Waals surface area (Å²) in [6.45, 7) is 2.27. The Balaban J connectivity index is 1.84. The second kappa shape index (κ2) is 6.74. The third-order valence-electron chi connectivity index (χ3n) is 3.19. The molecule has 0 bridgehead atoms. The summed E-state index contributed by atoms with van der Waals surface area (Å²) in [6.07, 6.45) is 1.75. The van der Waals surface area contributed by atoms with Gasteiger partial charge in [-0.05, 0) is 49.6 Å². The minimum Gasteiger partial charge on any atom is -0.494 e. The van der Waals surface area contributed by atoms with Crippen molar-refractivity contribution in [2.24, 2.45) is 0 Å². The van der Waals surface area contributed by atoms with Crippen molar-refractivity contribution in [3.05, 3.63) is 63.7 Å². The van der Waals surface area contributed by atoms with Crippen LogP contribution in [0.5, 0.6) is 5.75 Å². The zero-order chi connectivity index (χ0) is 15.2. The molecule has 0 radical (unpaired) electrons. The van der Waals surface area contributed by atoms with Crippen molar-refractivity contribution in [3.63, 3.8) is 0 Å². The molecule has 0 atom stereocenters. The normalized spacial score (nSPS) is 10.3. The van der Waals surface area contributed by atoms with Gasteiger partial charge < -0.3 is 10.5 Å². The number of ether oxygens (including phenoxy) is 1. The second-order valence-corrected chi connectivity index (χ2v) is 4.90. The molecular weight excluding hydrogens is 268 g/mol. The van der Waals surface area contributed by atoms with Crippen LogP contribution in [0.1, 0.15) is 17.5 Å². The lowest BCUT2D eigenvalue weighted by atomic mass is 10.1. The lowest BCUT2D eigenvalue weighted by Crippen LogP contribution is -2.00. The molecule has 0 unspecified atom stereocenters. The highest BCUT2D eigenvalue weighted by Gasteiger charge is 2.10. The average Bonchev–Trinajstić information content (AvgIpc) is 2.43. The smallest absolute Gasteiger partial charge is 0.272 e. The summed E-state index contributed by atoms with van der Waals surface area (Å²) < 4.78 is 5.62. The van der Waals surface area contributed by atoms with Crippen LogP contribution in [0.2, 0.25) is 0 Å². The number of aryl methyl sites for hydroxylation is 2. The van der Waals surface area contributed by atoms with E-state index in [0.717, 1.165) is 18.5 Å². The molecular formula is C16H18N2O3. The van der Waals surface area contributed by atoms with Gasteiger partial charge in [0.1, 0.15) is 5.75 Å². The van der Waals surface area contributed by atoms with E-state index in [4.69, 9.17) is 10.5 Å².